The molecule has 0 saturated heterocycles. The second-order valence-electron chi connectivity index (χ2n) is 5.83. The van der Waals surface area contributed by atoms with Crippen molar-refractivity contribution in [2.75, 3.05) is 7.11 Å². The Labute approximate surface area is 167 Å². The number of pyridine rings is 1. The number of hydrogen-bond acceptors (Lipinski definition) is 3. The summed E-state index contributed by atoms with van der Waals surface area (Å²) in [6, 6.07) is 20.8. The summed E-state index contributed by atoms with van der Waals surface area (Å²) in [4.78, 5) is 17.0. The van der Waals surface area contributed by atoms with E-state index >= 15 is 0 Å². The number of ether oxygens (including phenoxy) is 1. The molecule has 0 fully saturated rings. The van der Waals surface area contributed by atoms with Crippen LogP contribution < -0.4 is 10.1 Å². The number of carbonyl (C=O) groups excluding carboxylic acids is 1. The minimum atomic E-state index is -0.325. The van der Waals surface area contributed by atoms with Gasteiger partial charge >= 0.3 is 0 Å². The van der Waals surface area contributed by atoms with E-state index in [0.29, 0.717) is 5.75 Å². The van der Waals surface area contributed by atoms with Crippen molar-refractivity contribution in [3.63, 3.8) is 0 Å². The van der Waals surface area contributed by atoms with Gasteiger partial charge in [-0.25, -0.2) is 0 Å². The molecule has 1 N–H and O–H groups in total. The molecule has 1 atom stereocenters. The summed E-state index contributed by atoms with van der Waals surface area (Å²) in [5.41, 5.74) is 2.57. The van der Waals surface area contributed by atoms with E-state index in [-0.39, 0.29) is 11.9 Å². The summed E-state index contributed by atoms with van der Waals surface area (Å²) in [5, 5.41) is 3.03. The standard InChI is InChI=1S/C22H19BrN2O2/c1-27-20-12-11-18(23)15-17(20)10-13-21(26)25-22(16-7-3-2-4-8-16)19-9-5-6-14-24-19/h2-15,22H,1H3,(H,25,26)/b13-10+. The monoisotopic (exact) mass is 422 g/mol. The van der Waals surface area contributed by atoms with Crippen LogP contribution in [0.4, 0.5) is 0 Å². The Kier molecular flexibility index (Phi) is 6.39. The van der Waals surface area contributed by atoms with E-state index in [9.17, 15) is 4.79 Å². The molecule has 27 heavy (non-hydrogen) atoms. The molecule has 0 radical (unpaired) electrons. The van der Waals surface area contributed by atoms with Crippen molar-refractivity contribution in [1.29, 1.82) is 0 Å². The van der Waals surface area contributed by atoms with Crippen molar-refractivity contribution in [2.24, 2.45) is 0 Å². The third-order valence-electron chi connectivity index (χ3n) is 4.01. The maximum absolute atomic E-state index is 12.6. The molecule has 0 spiro atoms. The zero-order chi connectivity index (χ0) is 19.1. The third kappa shape index (κ3) is 5.05. The van der Waals surface area contributed by atoms with Gasteiger partial charge in [0.1, 0.15) is 5.75 Å². The van der Waals surface area contributed by atoms with Crippen molar-refractivity contribution < 1.29 is 9.53 Å². The van der Waals surface area contributed by atoms with Crippen LogP contribution in [-0.2, 0) is 4.79 Å². The first-order chi connectivity index (χ1) is 13.2. The predicted molar refractivity (Wildman–Crippen MR) is 110 cm³/mol. The van der Waals surface area contributed by atoms with Gasteiger partial charge in [0, 0.05) is 22.3 Å². The predicted octanol–water partition coefficient (Wildman–Crippen LogP) is 4.77. The highest BCUT2D eigenvalue weighted by Crippen LogP contribution is 2.24. The number of hydrogen-bond donors (Lipinski definition) is 1. The van der Waals surface area contributed by atoms with Crippen molar-refractivity contribution >= 4 is 27.9 Å². The molecule has 3 aromatic rings. The summed E-state index contributed by atoms with van der Waals surface area (Å²) in [5.74, 6) is 0.489. The van der Waals surface area contributed by atoms with Gasteiger partial charge in [0.2, 0.25) is 5.91 Å². The first-order valence-electron chi connectivity index (χ1n) is 8.45. The van der Waals surface area contributed by atoms with Crippen LogP contribution >= 0.6 is 15.9 Å². The molecule has 0 bridgehead atoms. The molecule has 0 aliphatic carbocycles. The van der Waals surface area contributed by atoms with Crippen LogP contribution in [0.2, 0.25) is 0 Å². The van der Waals surface area contributed by atoms with Gasteiger partial charge in [-0.15, -0.1) is 0 Å². The van der Waals surface area contributed by atoms with Crippen LogP contribution in [0.25, 0.3) is 6.08 Å². The van der Waals surface area contributed by atoms with E-state index in [0.717, 1.165) is 21.3 Å². The van der Waals surface area contributed by atoms with Gasteiger partial charge in [-0.05, 0) is 42.0 Å². The Balaban J connectivity index is 1.82. The summed E-state index contributed by atoms with van der Waals surface area (Å²) < 4.78 is 6.25. The topological polar surface area (TPSA) is 51.2 Å². The van der Waals surface area contributed by atoms with Crippen LogP contribution in [0.5, 0.6) is 5.75 Å². The molecule has 4 nitrogen and oxygen atoms in total. The second-order valence-corrected chi connectivity index (χ2v) is 6.74. The number of benzene rings is 2. The highest BCUT2D eigenvalue weighted by Gasteiger charge is 2.16. The maximum atomic E-state index is 12.6. The fraction of sp³-hybridized carbons (Fsp3) is 0.0909. The SMILES string of the molecule is COc1ccc(Br)cc1/C=C/C(=O)NC(c1ccccc1)c1ccccn1. The Bertz CT molecular complexity index is 888. The van der Waals surface area contributed by atoms with E-state index in [2.05, 4.69) is 26.2 Å². The lowest BCUT2D eigenvalue weighted by atomic mass is 10.0. The highest BCUT2D eigenvalue weighted by atomic mass is 79.9. The Morgan fingerprint density at radius 1 is 1.11 bits per heavy atom. The molecule has 0 aliphatic rings. The average Bonchev–Trinajstić information content (AvgIpc) is 2.72. The van der Waals surface area contributed by atoms with E-state index < -0.39 is 0 Å². The average molecular weight is 423 g/mol. The van der Waals surface area contributed by atoms with Crippen molar-refractivity contribution in [2.45, 2.75) is 6.04 Å². The number of aromatic nitrogens is 1. The quantitative estimate of drug-likeness (QED) is 0.581. The van der Waals surface area contributed by atoms with Gasteiger partial charge in [-0.1, -0.05) is 52.3 Å². The normalized spacial score (nSPS) is 11.9. The molecule has 1 aromatic heterocycles. The van der Waals surface area contributed by atoms with E-state index in [1.807, 2.05) is 66.7 Å². The molecule has 3 rings (SSSR count). The van der Waals surface area contributed by atoms with E-state index in [1.165, 1.54) is 6.08 Å². The Morgan fingerprint density at radius 2 is 1.89 bits per heavy atom. The Morgan fingerprint density at radius 3 is 2.59 bits per heavy atom. The summed E-state index contributed by atoms with van der Waals surface area (Å²) in [7, 11) is 1.60. The summed E-state index contributed by atoms with van der Waals surface area (Å²) >= 11 is 3.44. The lowest BCUT2D eigenvalue weighted by Crippen LogP contribution is -2.28. The van der Waals surface area contributed by atoms with E-state index in [4.69, 9.17) is 4.74 Å². The smallest absolute Gasteiger partial charge is 0.244 e. The molecule has 5 heteroatoms. The van der Waals surface area contributed by atoms with Crippen LogP contribution in [0.1, 0.15) is 22.9 Å². The molecular weight excluding hydrogens is 404 g/mol. The minimum absolute atomic E-state index is 0.212. The molecular formula is C22H19BrN2O2. The zero-order valence-electron chi connectivity index (χ0n) is 14.8. The lowest BCUT2D eigenvalue weighted by Gasteiger charge is -2.18. The molecule has 0 saturated carbocycles. The lowest BCUT2D eigenvalue weighted by molar-refractivity contribution is -0.116. The van der Waals surface area contributed by atoms with Crippen LogP contribution in [0.3, 0.4) is 0 Å². The molecule has 1 amide bonds. The largest absolute Gasteiger partial charge is 0.496 e. The Hall–Kier alpha value is -2.92. The van der Waals surface area contributed by atoms with Gasteiger partial charge in [-0.3, -0.25) is 9.78 Å². The van der Waals surface area contributed by atoms with Crippen LogP contribution in [-0.4, -0.2) is 18.0 Å². The van der Waals surface area contributed by atoms with Gasteiger partial charge in [0.15, 0.2) is 0 Å². The van der Waals surface area contributed by atoms with Crippen molar-refractivity contribution in [3.8, 4) is 5.75 Å². The maximum Gasteiger partial charge on any atom is 0.244 e. The van der Waals surface area contributed by atoms with Crippen molar-refractivity contribution in [1.82, 2.24) is 10.3 Å². The van der Waals surface area contributed by atoms with Crippen LogP contribution in [0, 0.1) is 0 Å². The zero-order valence-corrected chi connectivity index (χ0v) is 16.4. The minimum Gasteiger partial charge on any atom is -0.496 e. The fourth-order valence-corrected chi connectivity index (χ4v) is 3.09. The highest BCUT2D eigenvalue weighted by molar-refractivity contribution is 9.10. The summed E-state index contributed by atoms with van der Waals surface area (Å²) in [6.45, 7) is 0. The first-order valence-corrected chi connectivity index (χ1v) is 9.24. The molecule has 2 aromatic carbocycles. The van der Waals surface area contributed by atoms with Gasteiger partial charge < -0.3 is 10.1 Å². The third-order valence-corrected chi connectivity index (χ3v) is 4.50. The number of halogens is 1. The van der Waals surface area contributed by atoms with Gasteiger partial charge in [0.05, 0.1) is 18.8 Å². The molecule has 1 heterocycles. The molecule has 1 unspecified atom stereocenters. The fourth-order valence-electron chi connectivity index (χ4n) is 2.71. The van der Waals surface area contributed by atoms with Gasteiger partial charge in [-0.2, -0.15) is 0 Å². The second kappa shape index (κ2) is 9.14. The number of nitrogens with zero attached hydrogens (tertiary/aromatic N) is 1. The number of rotatable bonds is 6. The summed E-state index contributed by atoms with van der Waals surface area (Å²) in [6.07, 6.45) is 4.96. The molecule has 136 valence electrons. The first kappa shape index (κ1) is 18.9. The van der Waals surface area contributed by atoms with Crippen molar-refractivity contribution in [3.05, 3.63) is 100 Å². The van der Waals surface area contributed by atoms with Gasteiger partial charge in [0.25, 0.3) is 0 Å². The van der Waals surface area contributed by atoms with E-state index in [1.54, 1.807) is 19.4 Å². The van der Waals surface area contributed by atoms with Crippen LogP contribution in [0.15, 0.2) is 83.5 Å². The molecule has 0 aliphatic heterocycles. The number of nitrogens with one attached hydrogen (secondary N) is 1. The number of methoxy groups -OCH3 is 1. The number of carbonyl (C=O) groups is 1. The number of amides is 1.